The highest BCUT2D eigenvalue weighted by atomic mass is 16.5. The smallest absolute Gasteiger partial charge is 0.141 e. The summed E-state index contributed by atoms with van der Waals surface area (Å²) in [5.74, 6) is 0.985. The van der Waals surface area contributed by atoms with Crippen molar-refractivity contribution in [1.29, 1.82) is 0 Å². The summed E-state index contributed by atoms with van der Waals surface area (Å²) in [6.45, 7) is 6.85. The molecule has 94 valence electrons. The highest BCUT2D eigenvalue weighted by Crippen LogP contribution is 2.20. The van der Waals surface area contributed by atoms with Crippen molar-refractivity contribution in [3.8, 4) is 5.75 Å². The summed E-state index contributed by atoms with van der Waals surface area (Å²) in [7, 11) is 0. The van der Waals surface area contributed by atoms with Crippen molar-refractivity contribution >= 4 is 11.8 Å². The van der Waals surface area contributed by atoms with E-state index in [0.717, 1.165) is 5.75 Å². The van der Waals surface area contributed by atoms with Gasteiger partial charge >= 0.3 is 0 Å². The molecule has 1 amide bonds. The quantitative estimate of drug-likeness (QED) is 0.784. The van der Waals surface area contributed by atoms with Gasteiger partial charge in [-0.25, -0.2) is 0 Å². The van der Waals surface area contributed by atoms with Crippen molar-refractivity contribution < 1.29 is 14.6 Å². The minimum absolute atomic E-state index is 0.250. The standard InChI is InChI=1S/C13H19NO3/c1-4-17-12-7-5-11(6-8-12)14(13(15)16)9-10(2)3/h5-8,10H,4,9H2,1-3H3,(H,15,16)/p-1. The molecule has 4 heteroatoms. The van der Waals surface area contributed by atoms with Crippen LogP contribution in [0.3, 0.4) is 0 Å². The van der Waals surface area contributed by atoms with E-state index in [4.69, 9.17) is 4.74 Å². The number of benzene rings is 1. The fourth-order valence-corrected chi connectivity index (χ4v) is 1.54. The van der Waals surface area contributed by atoms with Crippen LogP contribution >= 0.6 is 0 Å². The normalized spacial score (nSPS) is 10.4. The van der Waals surface area contributed by atoms with Crippen LogP contribution in [0.4, 0.5) is 10.5 Å². The zero-order valence-electron chi connectivity index (χ0n) is 10.5. The molecule has 17 heavy (non-hydrogen) atoms. The van der Waals surface area contributed by atoms with E-state index in [9.17, 15) is 9.90 Å². The molecule has 0 atom stereocenters. The lowest BCUT2D eigenvalue weighted by Crippen LogP contribution is -2.43. The number of ether oxygens (including phenoxy) is 1. The molecule has 0 aliphatic heterocycles. The summed E-state index contributed by atoms with van der Waals surface area (Å²) in [5, 5.41) is 11.0. The summed E-state index contributed by atoms with van der Waals surface area (Å²) in [6.07, 6.45) is -1.18. The third-order valence-corrected chi connectivity index (χ3v) is 2.23. The van der Waals surface area contributed by atoms with Crippen molar-refractivity contribution in [2.24, 2.45) is 5.92 Å². The third kappa shape index (κ3) is 3.98. The molecule has 0 aromatic heterocycles. The molecule has 0 fully saturated rings. The predicted octanol–water partition coefficient (Wildman–Crippen LogP) is 1.89. The minimum atomic E-state index is -1.18. The number of rotatable bonds is 5. The van der Waals surface area contributed by atoms with Crippen molar-refractivity contribution in [3.63, 3.8) is 0 Å². The van der Waals surface area contributed by atoms with Gasteiger partial charge in [-0.05, 0) is 37.1 Å². The Labute approximate surface area is 102 Å². The number of carbonyl (C=O) groups is 1. The predicted molar refractivity (Wildman–Crippen MR) is 65.2 cm³/mol. The first-order chi connectivity index (χ1) is 8.04. The third-order valence-electron chi connectivity index (χ3n) is 2.23. The zero-order chi connectivity index (χ0) is 12.8. The number of amides is 1. The molecule has 0 spiro atoms. The molecule has 0 saturated heterocycles. The van der Waals surface area contributed by atoms with Crippen LogP contribution in [0.5, 0.6) is 5.75 Å². The number of hydrogen-bond acceptors (Lipinski definition) is 3. The van der Waals surface area contributed by atoms with Gasteiger partial charge in [0.1, 0.15) is 11.8 Å². The minimum Gasteiger partial charge on any atom is -0.530 e. The molecule has 0 aliphatic carbocycles. The number of carbonyl (C=O) groups excluding carboxylic acids is 1. The Morgan fingerprint density at radius 2 is 1.94 bits per heavy atom. The molecule has 0 saturated carbocycles. The van der Waals surface area contributed by atoms with E-state index in [2.05, 4.69) is 0 Å². The zero-order valence-corrected chi connectivity index (χ0v) is 10.5. The lowest BCUT2D eigenvalue weighted by molar-refractivity contribution is -0.246. The average Bonchev–Trinajstić information content (AvgIpc) is 2.27. The van der Waals surface area contributed by atoms with Gasteiger partial charge in [0.2, 0.25) is 0 Å². The van der Waals surface area contributed by atoms with Crippen molar-refractivity contribution in [1.82, 2.24) is 0 Å². The Bertz CT molecular complexity index is 359. The van der Waals surface area contributed by atoms with Crippen LogP contribution in [-0.4, -0.2) is 19.2 Å². The van der Waals surface area contributed by atoms with Crippen LogP contribution in [0, 0.1) is 5.92 Å². The molecule has 0 heterocycles. The first kappa shape index (κ1) is 13.4. The Morgan fingerprint density at radius 3 is 2.35 bits per heavy atom. The summed E-state index contributed by atoms with van der Waals surface area (Å²) >= 11 is 0. The first-order valence-corrected chi connectivity index (χ1v) is 5.76. The molecule has 1 aromatic rings. The van der Waals surface area contributed by atoms with Crippen LogP contribution in [0.1, 0.15) is 20.8 Å². The summed E-state index contributed by atoms with van der Waals surface area (Å²) in [5.41, 5.74) is 0.613. The molecule has 0 aliphatic rings. The maximum atomic E-state index is 11.0. The van der Waals surface area contributed by atoms with Crippen LogP contribution in [0.2, 0.25) is 0 Å². The lowest BCUT2D eigenvalue weighted by atomic mass is 10.2. The van der Waals surface area contributed by atoms with E-state index >= 15 is 0 Å². The van der Waals surface area contributed by atoms with Crippen molar-refractivity contribution in [3.05, 3.63) is 24.3 Å². The number of nitrogens with zero attached hydrogens (tertiary/aromatic N) is 1. The summed E-state index contributed by atoms with van der Waals surface area (Å²) in [6, 6.07) is 6.97. The number of anilines is 1. The maximum absolute atomic E-state index is 11.0. The fraction of sp³-hybridized carbons (Fsp3) is 0.462. The lowest BCUT2D eigenvalue weighted by Gasteiger charge is -2.27. The van der Waals surface area contributed by atoms with Gasteiger partial charge in [-0.3, -0.25) is 0 Å². The van der Waals surface area contributed by atoms with Gasteiger partial charge in [0.15, 0.2) is 0 Å². The second kappa shape index (κ2) is 6.13. The molecule has 1 rings (SSSR count). The van der Waals surface area contributed by atoms with Gasteiger partial charge in [-0.2, -0.15) is 0 Å². The molecule has 0 bridgehead atoms. The maximum Gasteiger partial charge on any atom is 0.141 e. The monoisotopic (exact) mass is 236 g/mol. The van der Waals surface area contributed by atoms with E-state index < -0.39 is 6.09 Å². The summed E-state index contributed by atoms with van der Waals surface area (Å²) < 4.78 is 5.30. The topological polar surface area (TPSA) is 52.6 Å². The van der Waals surface area contributed by atoms with Crippen LogP contribution in [0.15, 0.2) is 24.3 Å². The van der Waals surface area contributed by atoms with Gasteiger partial charge in [-0.15, -0.1) is 0 Å². The van der Waals surface area contributed by atoms with E-state index in [1.54, 1.807) is 24.3 Å². The Hall–Kier alpha value is -1.71. The molecule has 0 unspecified atom stereocenters. The molecule has 1 aromatic carbocycles. The number of carboxylic acid groups (broad SMARTS) is 1. The van der Waals surface area contributed by atoms with Crippen molar-refractivity contribution in [2.45, 2.75) is 20.8 Å². The van der Waals surface area contributed by atoms with Gasteiger partial charge in [-0.1, -0.05) is 13.8 Å². The fourth-order valence-electron chi connectivity index (χ4n) is 1.54. The van der Waals surface area contributed by atoms with E-state index in [1.807, 2.05) is 20.8 Å². The Balaban J connectivity index is 2.83. The molecular formula is C13H18NO3-. The van der Waals surface area contributed by atoms with Crippen LogP contribution in [0.25, 0.3) is 0 Å². The number of hydrogen-bond donors (Lipinski definition) is 0. The summed E-state index contributed by atoms with van der Waals surface area (Å²) in [4.78, 5) is 12.3. The first-order valence-electron chi connectivity index (χ1n) is 5.76. The van der Waals surface area contributed by atoms with Gasteiger partial charge in [0.05, 0.1) is 6.61 Å². The Morgan fingerprint density at radius 1 is 1.35 bits per heavy atom. The second-order valence-corrected chi connectivity index (χ2v) is 4.20. The largest absolute Gasteiger partial charge is 0.530 e. The Kier molecular flexibility index (Phi) is 4.82. The second-order valence-electron chi connectivity index (χ2n) is 4.20. The molecular weight excluding hydrogens is 218 g/mol. The molecule has 0 N–H and O–H groups in total. The van der Waals surface area contributed by atoms with Crippen LogP contribution in [-0.2, 0) is 0 Å². The van der Waals surface area contributed by atoms with Gasteiger partial charge in [0.25, 0.3) is 0 Å². The molecule has 4 nitrogen and oxygen atoms in total. The van der Waals surface area contributed by atoms with E-state index in [1.165, 1.54) is 4.90 Å². The average molecular weight is 236 g/mol. The SMILES string of the molecule is CCOc1ccc(N(CC(C)C)C(=O)[O-])cc1. The highest BCUT2D eigenvalue weighted by molar-refractivity contribution is 5.84. The highest BCUT2D eigenvalue weighted by Gasteiger charge is 2.09. The van der Waals surface area contributed by atoms with Gasteiger partial charge in [0, 0.05) is 12.2 Å². The van der Waals surface area contributed by atoms with Gasteiger partial charge < -0.3 is 19.5 Å². The van der Waals surface area contributed by atoms with Crippen molar-refractivity contribution in [2.75, 3.05) is 18.1 Å². The van der Waals surface area contributed by atoms with Crippen LogP contribution < -0.4 is 14.7 Å². The van der Waals surface area contributed by atoms with E-state index in [-0.39, 0.29) is 5.92 Å². The van der Waals surface area contributed by atoms with E-state index in [0.29, 0.717) is 18.8 Å². The molecule has 0 radical (unpaired) electrons.